The van der Waals surface area contributed by atoms with Crippen LogP contribution in [0.2, 0.25) is 5.02 Å². The molecule has 0 spiro atoms. The number of hydrogen-bond donors (Lipinski definition) is 1. The van der Waals surface area contributed by atoms with Gasteiger partial charge in [0, 0.05) is 5.69 Å². The molecule has 0 bridgehead atoms. The lowest BCUT2D eigenvalue weighted by Crippen LogP contribution is -2.25. The van der Waals surface area contributed by atoms with Gasteiger partial charge in [-0.2, -0.15) is 12.8 Å². The number of nitrogens with zero attached hydrogens (tertiary/aromatic N) is 1. The predicted octanol–water partition coefficient (Wildman–Crippen LogP) is 2.70. The third kappa shape index (κ3) is 4.80. The molecule has 25 heavy (non-hydrogen) atoms. The van der Waals surface area contributed by atoms with Gasteiger partial charge in [-0.25, -0.2) is 0 Å². The molecule has 6 nitrogen and oxygen atoms in total. The molecule has 8 heteroatoms. The van der Waals surface area contributed by atoms with Crippen molar-refractivity contribution in [3.8, 4) is 0 Å². The lowest BCUT2D eigenvalue weighted by Gasteiger charge is -2.13. The van der Waals surface area contributed by atoms with Crippen molar-refractivity contribution in [1.82, 2.24) is 0 Å². The molecule has 1 N–H and O–H groups in total. The molecule has 0 aliphatic heterocycles. The number of halogens is 1. The van der Waals surface area contributed by atoms with E-state index in [-0.39, 0.29) is 4.90 Å². The van der Waals surface area contributed by atoms with Gasteiger partial charge in [-0.3, -0.25) is 4.79 Å². The summed E-state index contributed by atoms with van der Waals surface area (Å²) in [6.07, 6.45) is 0. The maximum Gasteiger partial charge on any atom is 0.281 e. The van der Waals surface area contributed by atoms with E-state index in [2.05, 4.69) is 9.71 Å². The number of rotatable bonds is 5. The second-order valence-electron chi connectivity index (χ2n) is 5.52. The molecule has 0 radical (unpaired) electrons. The third-order valence-electron chi connectivity index (χ3n) is 3.23. The molecule has 0 fully saturated rings. The zero-order chi connectivity index (χ0) is 18.6. The number of anilines is 1. The average molecular weight is 380 g/mol. The van der Waals surface area contributed by atoms with Gasteiger partial charge in [0.25, 0.3) is 15.9 Å². The van der Waals surface area contributed by atoms with Crippen LogP contribution in [0, 0.1) is 5.92 Å². The summed E-state index contributed by atoms with van der Waals surface area (Å²) in [6.45, 7) is 3.13. The Morgan fingerprint density at radius 1 is 1.12 bits per heavy atom. The summed E-state index contributed by atoms with van der Waals surface area (Å²) in [6, 6.07) is 11.9. The van der Waals surface area contributed by atoms with Crippen LogP contribution in [0.25, 0.3) is 0 Å². The lowest BCUT2D eigenvalue weighted by atomic mass is 10.2. The van der Waals surface area contributed by atoms with Crippen molar-refractivity contribution < 1.29 is 18.3 Å². The van der Waals surface area contributed by atoms with E-state index in [1.54, 1.807) is 38.1 Å². The minimum Gasteiger partial charge on any atom is -0.861 e. The van der Waals surface area contributed by atoms with Gasteiger partial charge >= 0.3 is 0 Å². The monoisotopic (exact) mass is 379 g/mol. The number of nitrogens with one attached hydrogen (secondary N) is 1. The van der Waals surface area contributed by atoms with Crippen LogP contribution < -0.4 is 10.4 Å². The Morgan fingerprint density at radius 2 is 1.72 bits per heavy atom. The predicted molar refractivity (Wildman–Crippen MR) is 95.3 cm³/mol. The Labute approximate surface area is 151 Å². The minimum absolute atomic E-state index is 0.128. The molecule has 2 aromatic rings. The molecule has 1 amide bonds. The van der Waals surface area contributed by atoms with Gasteiger partial charge in [-0.05, 0) is 48.2 Å². The molecule has 2 aromatic carbocycles. The quantitative estimate of drug-likeness (QED) is 0.637. The van der Waals surface area contributed by atoms with E-state index < -0.39 is 27.7 Å². The first-order valence-corrected chi connectivity index (χ1v) is 9.20. The second-order valence-corrected chi connectivity index (χ2v) is 7.53. The maximum absolute atomic E-state index is 12.2. The van der Waals surface area contributed by atoms with Crippen LogP contribution in [0.4, 0.5) is 5.69 Å². The Hall–Kier alpha value is -2.38. The van der Waals surface area contributed by atoms with Gasteiger partial charge in [0.2, 0.25) is 0 Å². The number of amides is 1. The molecule has 0 saturated carbocycles. The van der Waals surface area contributed by atoms with E-state index in [0.29, 0.717) is 16.3 Å². The van der Waals surface area contributed by atoms with E-state index in [9.17, 15) is 18.3 Å². The van der Waals surface area contributed by atoms with E-state index in [0.717, 1.165) is 0 Å². The zero-order valence-electron chi connectivity index (χ0n) is 13.6. The number of carbonyl (C=O) groups excluding carboxylic acids is 1. The van der Waals surface area contributed by atoms with E-state index >= 15 is 0 Å². The van der Waals surface area contributed by atoms with Gasteiger partial charge < -0.3 is 10.4 Å². The van der Waals surface area contributed by atoms with Crippen LogP contribution in [-0.4, -0.2) is 20.2 Å². The molecule has 0 unspecified atom stereocenters. The summed E-state index contributed by atoms with van der Waals surface area (Å²) in [5.41, 5.74) is 0.692. The van der Waals surface area contributed by atoms with Crippen molar-refractivity contribution in [3.63, 3.8) is 0 Å². The van der Waals surface area contributed by atoms with E-state index in [1.165, 1.54) is 24.3 Å². The normalized spacial score (nSPS) is 12.2. The van der Waals surface area contributed by atoms with Crippen molar-refractivity contribution in [2.75, 3.05) is 5.32 Å². The number of carbonyl (C=O) groups is 1. The molecular weight excluding hydrogens is 364 g/mol. The molecular formula is C17H16ClN2O4S-. The fourth-order valence-electron chi connectivity index (χ4n) is 1.83. The summed E-state index contributed by atoms with van der Waals surface area (Å²) in [7, 11) is -4.07. The van der Waals surface area contributed by atoms with Gasteiger partial charge in [-0.1, -0.05) is 37.6 Å². The number of benzene rings is 2. The summed E-state index contributed by atoms with van der Waals surface area (Å²) in [4.78, 5) is 12.0. The van der Waals surface area contributed by atoms with Gasteiger partial charge in [0.15, 0.2) is 0 Å². The molecule has 0 aliphatic rings. The van der Waals surface area contributed by atoms with Crippen molar-refractivity contribution >= 4 is 39.1 Å². The summed E-state index contributed by atoms with van der Waals surface area (Å²) < 4.78 is 27.4. The summed E-state index contributed by atoms with van der Waals surface area (Å²) in [5.74, 6) is -1.64. The van der Waals surface area contributed by atoms with Gasteiger partial charge in [0.1, 0.15) is 0 Å². The second kappa shape index (κ2) is 7.67. The highest BCUT2D eigenvalue weighted by atomic mass is 35.5. The Bertz CT molecular complexity index is 907. The van der Waals surface area contributed by atoms with Gasteiger partial charge in [0.05, 0.1) is 15.5 Å². The first-order valence-electron chi connectivity index (χ1n) is 7.38. The van der Waals surface area contributed by atoms with Crippen LogP contribution in [0.1, 0.15) is 24.2 Å². The first kappa shape index (κ1) is 19.0. The minimum atomic E-state index is -4.07. The Morgan fingerprint density at radius 3 is 2.28 bits per heavy atom. The highest BCUT2D eigenvalue weighted by Gasteiger charge is 2.14. The smallest absolute Gasteiger partial charge is 0.281 e. The third-order valence-corrected chi connectivity index (χ3v) is 4.85. The van der Waals surface area contributed by atoms with Crippen molar-refractivity contribution in [2.24, 2.45) is 10.3 Å². The van der Waals surface area contributed by atoms with Crippen LogP contribution in [0.15, 0.2) is 57.8 Å². The Kier molecular flexibility index (Phi) is 5.81. The largest absolute Gasteiger partial charge is 0.861 e. The van der Waals surface area contributed by atoms with Crippen LogP contribution in [0.3, 0.4) is 0 Å². The van der Waals surface area contributed by atoms with Crippen molar-refractivity contribution in [2.45, 2.75) is 18.7 Å². The van der Waals surface area contributed by atoms with Crippen LogP contribution in [0.5, 0.6) is 0 Å². The van der Waals surface area contributed by atoms with Crippen molar-refractivity contribution in [1.29, 1.82) is 0 Å². The average Bonchev–Trinajstić information content (AvgIpc) is 2.55. The highest BCUT2D eigenvalue weighted by molar-refractivity contribution is 7.90. The van der Waals surface area contributed by atoms with Gasteiger partial charge in [-0.15, -0.1) is 0 Å². The first-order chi connectivity index (χ1) is 11.7. The van der Waals surface area contributed by atoms with E-state index in [4.69, 9.17) is 11.6 Å². The Balaban J connectivity index is 2.19. The fraction of sp³-hybridized carbons (Fsp3) is 0.176. The summed E-state index contributed by atoms with van der Waals surface area (Å²) in [5, 5.41) is 14.4. The highest BCUT2D eigenvalue weighted by Crippen LogP contribution is 2.19. The summed E-state index contributed by atoms with van der Waals surface area (Å²) >= 11 is 5.96. The molecule has 0 aliphatic carbocycles. The zero-order valence-corrected chi connectivity index (χ0v) is 15.1. The molecule has 2 rings (SSSR count). The van der Waals surface area contributed by atoms with E-state index in [1.807, 2.05) is 0 Å². The SMILES string of the molecule is CC(C)C([O-])=NS(=O)(=O)c1ccc(NC(=O)c2ccccc2Cl)cc1. The molecule has 0 atom stereocenters. The lowest BCUT2D eigenvalue weighted by molar-refractivity contribution is -0.222. The molecule has 0 saturated heterocycles. The number of sulfonamides is 1. The maximum atomic E-state index is 12.2. The fourth-order valence-corrected chi connectivity index (χ4v) is 3.09. The molecule has 0 aromatic heterocycles. The standard InChI is InChI=1S/C17H17ClN2O4S/c1-11(2)16(21)20-25(23,24)13-9-7-12(8-10-13)19-17(22)14-5-3-4-6-15(14)18/h3-11H,1-2H3,(H,19,22)(H,20,21)/p-1. The van der Waals surface area contributed by atoms with Crippen LogP contribution >= 0.6 is 11.6 Å². The number of hydrogen-bond acceptors (Lipinski definition) is 4. The molecule has 132 valence electrons. The van der Waals surface area contributed by atoms with Crippen LogP contribution in [-0.2, 0) is 10.0 Å². The van der Waals surface area contributed by atoms with Crippen molar-refractivity contribution in [3.05, 3.63) is 59.1 Å². The molecule has 0 heterocycles. The topological polar surface area (TPSA) is 98.7 Å².